The Bertz CT molecular complexity index is 2560. The molecule has 302 valence electrons. The smallest absolute Gasteiger partial charge is 0.411 e. The summed E-state index contributed by atoms with van der Waals surface area (Å²) in [6.07, 6.45) is -10.8. The van der Waals surface area contributed by atoms with Crippen LogP contribution in [0.5, 0.6) is 23.0 Å². The van der Waals surface area contributed by atoms with Crippen molar-refractivity contribution in [1.82, 2.24) is 0 Å². The van der Waals surface area contributed by atoms with Gasteiger partial charge in [0, 0.05) is 0 Å². The summed E-state index contributed by atoms with van der Waals surface area (Å²) < 4.78 is 153. The maximum atomic E-state index is 14.9. The number of rotatable bonds is 12. The molecule has 0 aliphatic carbocycles. The number of aryl methyl sites for hydroxylation is 1. The number of benzene rings is 6. The van der Waals surface area contributed by atoms with Crippen molar-refractivity contribution in [2.45, 2.75) is 70.5 Å². The van der Waals surface area contributed by atoms with Crippen molar-refractivity contribution in [3.8, 4) is 23.0 Å². The van der Waals surface area contributed by atoms with E-state index in [9.17, 15) is 43.2 Å². The molecule has 0 N–H and O–H groups in total. The molecule has 0 radical (unpaired) electrons. The molecule has 6 aromatic carbocycles. The van der Waals surface area contributed by atoms with Crippen LogP contribution >= 0.6 is 0 Å². The minimum atomic E-state index is -5.86. The lowest BCUT2D eigenvalue weighted by molar-refractivity contribution is -0.288. The molecule has 6 nitrogen and oxygen atoms in total. The van der Waals surface area contributed by atoms with Gasteiger partial charge < -0.3 is 9.47 Å². The van der Waals surface area contributed by atoms with E-state index < -0.39 is 48.6 Å². The third kappa shape index (κ3) is 8.21. The molecule has 0 saturated carbocycles. The number of halogens is 6. The molecule has 0 aromatic heterocycles. The predicted molar refractivity (Wildman–Crippen MR) is 206 cm³/mol. The van der Waals surface area contributed by atoms with E-state index in [0.717, 1.165) is 41.8 Å². The molecule has 0 bridgehead atoms. The zero-order chi connectivity index (χ0) is 42.1. The maximum absolute atomic E-state index is 14.9. The molecule has 6 aromatic rings. The Morgan fingerprint density at radius 3 is 1.03 bits per heavy atom. The highest BCUT2D eigenvalue weighted by atomic mass is 32.2. The molecule has 1 atom stereocenters. The zero-order valence-corrected chi connectivity index (χ0v) is 32.8. The molecular formula is C44H36F6O6S2. The van der Waals surface area contributed by atoms with Gasteiger partial charge in [-0.3, -0.25) is 0 Å². The number of alkyl halides is 6. The van der Waals surface area contributed by atoms with Crippen LogP contribution in [0.25, 0.3) is 0 Å². The Hall–Kier alpha value is -5.60. The Labute approximate surface area is 332 Å². The van der Waals surface area contributed by atoms with Crippen molar-refractivity contribution >= 4 is 19.7 Å². The highest BCUT2D eigenvalue weighted by Gasteiger charge is 2.72. The first kappa shape index (κ1) is 42.0. The first-order chi connectivity index (χ1) is 27.3. The molecule has 14 heteroatoms. The van der Waals surface area contributed by atoms with Crippen LogP contribution in [-0.4, -0.2) is 29.2 Å². The second kappa shape index (κ2) is 16.0. The van der Waals surface area contributed by atoms with Gasteiger partial charge >= 0.3 is 12.4 Å². The van der Waals surface area contributed by atoms with Gasteiger partial charge in [0.2, 0.25) is 25.1 Å². The van der Waals surface area contributed by atoms with E-state index in [4.69, 9.17) is 9.47 Å². The molecule has 1 unspecified atom stereocenters. The van der Waals surface area contributed by atoms with Crippen LogP contribution in [0.2, 0.25) is 0 Å². The van der Waals surface area contributed by atoms with Gasteiger partial charge in [-0.25, -0.2) is 16.8 Å². The second-order valence-electron chi connectivity index (χ2n) is 13.6. The summed E-state index contributed by atoms with van der Waals surface area (Å²) in [5.74, 6) is 0.242. The third-order valence-corrected chi connectivity index (χ3v) is 13.4. The second-order valence-corrected chi connectivity index (χ2v) is 17.5. The first-order valence-corrected chi connectivity index (χ1v) is 20.8. The number of hydrogen-bond donors (Lipinski definition) is 0. The lowest BCUT2D eigenvalue weighted by Crippen LogP contribution is -2.54. The monoisotopic (exact) mass is 838 g/mol. The lowest BCUT2D eigenvalue weighted by atomic mass is 9.73. The van der Waals surface area contributed by atoms with E-state index in [-0.39, 0.29) is 48.5 Å². The zero-order valence-electron chi connectivity index (χ0n) is 31.2. The van der Waals surface area contributed by atoms with Crippen molar-refractivity contribution in [3.63, 3.8) is 0 Å². The molecule has 0 aliphatic rings. The summed E-state index contributed by atoms with van der Waals surface area (Å²) in [5.41, 5.74) is -4.83. The van der Waals surface area contributed by atoms with Gasteiger partial charge in [-0.2, -0.15) is 26.3 Å². The fraction of sp³-hybridized carbons (Fsp3) is 0.182. The van der Waals surface area contributed by atoms with Crippen molar-refractivity contribution < 1.29 is 52.7 Å². The quantitative estimate of drug-likeness (QED) is 0.114. The summed E-state index contributed by atoms with van der Waals surface area (Å²) in [6.45, 7) is 5.87. The van der Waals surface area contributed by atoms with E-state index in [1.165, 1.54) is 72.8 Å². The van der Waals surface area contributed by atoms with Crippen LogP contribution in [0.15, 0.2) is 165 Å². The fourth-order valence-corrected chi connectivity index (χ4v) is 8.90. The standard InChI is InChI=1S/C44H36F6O6S2/c1-4-30(3)31-7-23-39(24-8-31)58(53,54)41-27-19-37(20-28-41)56-35-15-11-33(12-16-35)42(43(45,46)47,44(48,49)50)32-9-13-34(14-10-32)55-36-17-25-40(26-18-36)57(51,52)38-21-5-29(2)6-22-38/h5-28,30H,4H2,1-3H3. The topological polar surface area (TPSA) is 86.7 Å². The summed E-state index contributed by atoms with van der Waals surface area (Å²) in [4.78, 5) is 0.0769. The molecule has 0 amide bonds. The molecule has 0 fully saturated rings. The molecule has 0 heterocycles. The van der Waals surface area contributed by atoms with Crippen molar-refractivity contribution in [3.05, 3.63) is 168 Å². The Balaban J connectivity index is 1.21. The minimum Gasteiger partial charge on any atom is -0.457 e. The number of sulfone groups is 2. The van der Waals surface area contributed by atoms with Crippen molar-refractivity contribution in [2.75, 3.05) is 0 Å². The van der Waals surface area contributed by atoms with Crippen LogP contribution in [0, 0.1) is 6.92 Å². The van der Waals surface area contributed by atoms with Gasteiger partial charge in [0.05, 0.1) is 19.6 Å². The molecular weight excluding hydrogens is 803 g/mol. The van der Waals surface area contributed by atoms with Crippen LogP contribution < -0.4 is 9.47 Å². The van der Waals surface area contributed by atoms with E-state index in [2.05, 4.69) is 0 Å². The van der Waals surface area contributed by atoms with Gasteiger partial charge in [-0.05, 0) is 133 Å². The molecule has 0 saturated heterocycles. The van der Waals surface area contributed by atoms with Crippen LogP contribution in [0.1, 0.15) is 48.4 Å². The fourth-order valence-electron chi connectivity index (χ4n) is 6.37. The van der Waals surface area contributed by atoms with Gasteiger partial charge in [-0.15, -0.1) is 0 Å². The molecule has 0 spiro atoms. The van der Waals surface area contributed by atoms with Crippen LogP contribution in [0.4, 0.5) is 26.3 Å². The van der Waals surface area contributed by atoms with Gasteiger partial charge in [0.15, 0.2) is 0 Å². The maximum Gasteiger partial charge on any atom is 0.411 e. The van der Waals surface area contributed by atoms with Gasteiger partial charge in [0.1, 0.15) is 23.0 Å². The Morgan fingerprint density at radius 2 is 0.741 bits per heavy atom. The Morgan fingerprint density at radius 1 is 0.466 bits per heavy atom. The number of ether oxygens (including phenoxy) is 2. The summed E-state index contributed by atoms with van der Waals surface area (Å²) >= 11 is 0. The SMILES string of the molecule is CCC(C)c1ccc(S(=O)(=O)c2ccc(Oc3ccc(C(c4ccc(Oc5ccc(S(=O)(=O)c6ccc(C)cc6)cc5)cc4)(C(F)(F)F)C(F)(F)F)cc3)cc2)cc1. The molecule has 58 heavy (non-hydrogen) atoms. The number of hydrogen-bond acceptors (Lipinski definition) is 6. The van der Waals surface area contributed by atoms with E-state index in [1.807, 2.05) is 20.8 Å². The van der Waals surface area contributed by atoms with E-state index >= 15 is 0 Å². The normalized spacial score (nSPS) is 13.2. The first-order valence-electron chi connectivity index (χ1n) is 17.8. The Kier molecular flexibility index (Phi) is 11.6. The van der Waals surface area contributed by atoms with E-state index in [0.29, 0.717) is 24.3 Å². The van der Waals surface area contributed by atoms with Crippen molar-refractivity contribution in [2.24, 2.45) is 0 Å². The van der Waals surface area contributed by atoms with E-state index in [1.54, 1.807) is 24.3 Å². The highest BCUT2D eigenvalue weighted by molar-refractivity contribution is 7.91. The average molecular weight is 839 g/mol. The average Bonchev–Trinajstić information content (AvgIpc) is 3.19. The van der Waals surface area contributed by atoms with Gasteiger partial charge in [-0.1, -0.05) is 67.9 Å². The summed E-state index contributed by atoms with van der Waals surface area (Å²) in [5, 5.41) is 0. The summed E-state index contributed by atoms with van der Waals surface area (Å²) in [6, 6.07) is 29.8. The predicted octanol–water partition coefficient (Wildman–Crippen LogP) is 12.2. The molecule has 0 aliphatic heterocycles. The van der Waals surface area contributed by atoms with Crippen molar-refractivity contribution in [1.29, 1.82) is 0 Å². The molecule has 6 rings (SSSR count). The largest absolute Gasteiger partial charge is 0.457 e. The van der Waals surface area contributed by atoms with Gasteiger partial charge in [0.25, 0.3) is 0 Å². The third-order valence-electron chi connectivity index (χ3n) is 9.87. The highest BCUT2D eigenvalue weighted by Crippen LogP contribution is 2.56. The van der Waals surface area contributed by atoms with Crippen LogP contribution in [-0.2, 0) is 25.1 Å². The van der Waals surface area contributed by atoms with Crippen LogP contribution in [0.3, 0.4) is 0 Å². The minimum absolute atomic E-state index is 0.0368. The lowest BCUT2D eigenvalue weighted by Gasteiger charge is -2.38. The summed E-state index contributed by atoms with van der Waals surface area (Å²) in [7, 11) is -7.74.